The average molecular weight is 470 g/mol. The van der Waals surface area contributed by atoms with Gasteiger partial charge < -0.3 is 14.9 Å². The summed E-state index contributed by atoms with van der Waals surface area (Å²) in [6.07, 6.45) is -0.464. The fourth-order valence-electron chi connectivity index (χ4n) is 4.09. The minimum absolute atomic E-state index is 0.157. The molecule has 3 aromatic carbocycles. The Bertz CT molecular complexity index is 1470. The number of amidine groups is 1. The Balaban J connectivity index is 1.36. The van der Waals surface area contributed by atoms with Gasteiger partial charge in [0.05, 0.1) is 5.92 Å². The number of carbonyl (C=O) groups excluding carboxylic acids is 1. The Morgan fingerprint density at radius 3 is 2.57 bits per heavy atom. The first-order valence-corrected chi connectivity index (χ1v) is 11.0. The normalized spacial score (nSPS) is 19.5. The van der Waals surface area contributed by atoms with E-state index in [0.717, 1.165) is 0 Å². The van der Waals surface area contributed by atoms with Crippen LogP contribution in [0.15, 0.2) is 95.2 Å². The quantitative estimate of drug-likeness (QED) is 0.476. The van der Waals surface area contributed by atoms with E-state index in [1.54, 1.807) is 24.3 Å². The number of aliphatic imine (C=N–C) groups is 1. The topological polar surface area (TPSA) is 103 Å². The lowest BCUT2D eigenvalue weighted by Gasteiger charge is -2.33. The molecule has 3 heterocycles. The third-order valence-corrected chi connectivity index (χ3v) is 5.83. The monoisotopic (exact) mass is 470 g/mol. The third-order valence-electron chi connectivity index (χ3n) is 5.83. The molecule has 0 saturated heterocycles. The maximum Gasteiger partial charge on any atom is 0.300 e. The van der Waals surface area contributed by atoms with Crippen molar-refractivity contribution in [2.45, 2.75) is 18.6 Å². The van der Waals surface area contributed by atoms with Crippen molar-refractivity contribution >= 4 is 23.0 Å². The molecule has 0 spiro atoms. The molecule has 2 unspecified atom stereocenters. The van der Waals surface area contributed by atoms with Crippen molar-refractivity contribution in [1.29, 1.82) is 0 Å². The minimum atomic E-state index is -0.769. The second-order valence-electron chi connectivity index (χ2n) is 8.08. The zero-order chi connectivity index (χ0) is 23.8. The van der Waals surface area contributed by atoms with Crippen molar-refractivity contribution in [3.8, 4) is 5.75 Å². The fourth-order valence-corrected chi connectivity index (χ4v) is 4.09. The maximum atomic E-state index is 13.5. The van der Waals surface area contributed by atoms with Crippen molar-refractivity contribution < 1.29 is 18.8 Å². The molecule has 0 bridgehead atoms. The smallest absolute Gasteiger partial charge is 0.300 e. The lowest BCUT2D eigenvalue weighted by atomic mass is 9.87. The number of rotatable bonds is 4. The molecule has 0 saturated carbocycles. The molecule has 174 valence electrons. The molecule has 4 aromatic rings. The van der Waals surface area contributed by atoms with Crippen LogP contribution < -0.4 is 20.2 Å². The summed E-state index contributed by atoms with van der Waals surface area (Å²) >= 11 is 0. The predicted molar refractivity (Wildman–Crippen MR) is 124 cm³/mol. The van der Waals surface area contributed by atoms with Crippen LogP contribution in [0.25, 0.3) is 11.0 Å². The summed E-state index contributed by atoms with van der Waals surface area (Å²) in [4.78, 5) is 25.0. The summed E-state index contributed by atoms with van der Waals surface area (Å²) in [5.41, 5.74) is 2.74. The SMILES string of the molecule is O=C1NC2=C(CC1c1ccc(F)cc1)C(On1nnc3ccccc31)NC(Oc1ccccc1)=N2. The summed E-state index contributed by atoms with van der Waals surface area (Å²) in [7, 11) is 0. The molecule has 1 amide bonds. The predicted octanol–water partition coefficient (Wildman–Crippen LogP) is 2.88. The number of carbonyl (C=O) groups is 1. The number of nitrogens with zero attached hydrogens (tertiary/aromatic N) is 4. The van der Waals surface area contributed by atoms with E-state index in [1.165, 1.54) is 17.0 Å². The van der Waals surface area contributed by atoms with Crippen molar-refractivity contribution in [3.63, 3.8) is 0 Å². The second kappa shape index (κ2) is 8.56. The molecule has 0 radical (unpaired) electrons. The van der Waals surface area contributed by atoms with Crippen LogP contribution in [0.1, 0.15) is 17.9 Å². The van der Waals surface area contributed by atoms with Gasteiger partial charge in [-0.25, -0.2) is 4.39 Å². The van der Waals surface area contributed by atoms with Gasteiger partial charge in [0.1, 0.15) is 28.4 Å². The second-order valence-corrected chi connectivity index (χ2v) is 8.08. The zero-order valence-corrected chi connectivity index (χ0v) is 18.3. The van der Waals surface area contributed by atoms with Gasteiger partial charge in [0.25, 0.3) is 6.02 Å². The minimum Gasteiger partial charge on any atom is -0.426 e. The van der Waals surface area contributed by atoms with Crippen molar-refractivity contribution in [2.24, 2.45) is 4.99 Å². The Kier molecular flexibility index (Phi) is 5.10. The van der Waals surface area contributed by atoms with Crippen molar-refractivity contribution in [3.05, 3.63) is 102 Å². The highest BCUT2D eigenvalue weighted by molar-refractivity contribution is 5.89. The Morgan fingerprint density at radius 1 is 0.971 bits per heavy atom. The van der Waals surface area contributed by atoms with E-state index in [1.807, 2.05) is 42.5 Å². The highest BCUT2D eigenvalue weighted by Crippen LogP contribution is 2.33. The Labute approximate surface area is 198 Å². The molecule has 2 atom stereocenters. The number of fused-ring (bicyclic) bond motifs is 1. The summed E-state index contributed by atoms with van der Waals surface area (Å²) in [6.45, 7) is 0. The summed E-state index contributed by atoms with van der Waals surface area (Å²) < 4.78 is 19.3. The van der Waals surface area contributed by atoms with Crippen LogP contribution in [-0.2, 0) is 4.79 Å². The number of nitrogens with one attached hydrogen (secondary N) is 2. The van der Waals surface area contributed by atoms with Gasteiger partial charge in [-0.15, -0.1) is 5.10 Å². The van der Waals surface area contributed by atoms with Crippen LogP contribution in [0.4, 0.5) is 4.39 Å². The van der Waals surface area contributed by atoms with Crippen molar-refractivity contribution in [1.82, 2.24) is 25.8 Å². The first kappa shape index (κ1) is 20.8. The summed E-state index contributed by atoms with van der Waals surface area (Å²) in [5.74, 6) is -0.242. The lowest BCUT2D eigenvalue weighted by molar-refractivity contribution is -0.122. The van der Waals surface area contributed by atoms with Gasteiger partial charge in [-0.2, -0.15) is 4.99 Å². The number of benzene rings is 3. The molecule has 1 aromatic heterocycles. The van der Waals surface area contributed by atoms with Gasteiger partial charge in [0, 0.05) is 5.57 Å². The van der Waals surface area contributed by atoms with Crippen molar-refractivity contribution in [2.75, 3.05) is 0 Å². The van der Waals surface area contributed by atoms with E-state index in [9.17, 15) is 9.18 Å². The largest absolute Gasteiger partial charge is 0.426 e. The average Bonchev–Trinajstić information content (AvgIpc) is 3.28. The van der Waals surface area contributed by atoms with Crippen LogP contribution in [0.2, 0.25) is 0 Å². The number of aromatic nitrogens is 3. The molecule has 0 aliphatic carbocycles. The van der Waals surface area contributed by atoms with E-state index in [0.29, 0.717) is 40.2 Å². The highest BCUT2D eigenvalue weighted by atomic mass is 19.1. The van der Waals surface area contributed by atoms with E-state index < -0.39 is 12.1 Å². The molecule has 2 aliphatic heterocycles. The highest BCUT2D eigenvalue weighted by Gasteiger charge is 2.38. The number of halogens is 1. The summed E-state index contributed by atoms with van der Waals surface area (Å²) in [6, 6.07) is 22.6. The molecular weight excluding hydrogens is 451 g/mol. The van der Waals surface area contributed by atoms with Gasteiger partial charge in [0.15, 0.2) is 0 Å². The maximum absolute atomic E-state index is 13.5. The van der Waals surface area contributed by atoms with E-state index in [-0.39, 0.29) is 17.7 Å². The van der Waals surface area contributed by atoms with E-state index >= 15 is 0 Å². The standard InChI is InChI=1S/C25H19FN6O3/c26-16-12-10-15(11-13-16)18-14-19-22(27-23(18)33)28-25(34-17-6-2-1-3-7-17)29-24(19)35-32-21-9-5-4-8-20(21)30-31-32/h1-13,18,24H,14H2,(H,27,33)(H,28,29). The molecule has 2 N–H and O–H groups in total. The van der Waals surface area contributed by atoms with Gasteiger partial charge in [-0.3, -0.25) is 10.1 Å². The van der Waals surface area contributed by atoms with Crippen LogP contribution in [-0.4, -0.2) is 33.3 Å². The molecule has 9 nitrogen and oxygen atoms in total. The third kappa shape index (κ3) is 4.05. The number of para-hydroxylation sites is 2. The number of hydrogen-bond acceptors (Lipinski definition) is 7. The van der Waals surface area contributed by atoms with Crippen LogP contribution >= 0.6 is 0 Å². The number of ether oxygens (including phenoxy) is 1. The summed E-state index contributed by atoms with van der Waals surface area (Å²) in [5, 5.41) is 14.3. The Morgan fingerprint density at radius 2 is 1.74 bits per heavy atom. The molecule has 10 heteroatoms. The fraction of sp³-hybridized carbons (Fsp3) is 0.120. The number of amides is 1. The van der Waals surface area contributed by atoms with Gasteiger partial charge in [-0.05, 0) is 53.6 Å². The van der Waals surface area contributed by atoms with E-state index in [4.69, 9.17) is 9.57 Å². The zero-order valence-electron chi connectivity index (χ0n) is 18.3. The van der Waals surface area contributed by atoms with Crippen LogP contribution in [0.5, 0.6) is 5.75 Å². The van der Waals surface area contributed by atoms with E-state index in [2.05, 4.69) is 25.9 Å². The molecule has 2 aliphatic rings. The van der Waals surface area contributed by atoms with Crippen LogP contribution in [0, 0.1) is 5.82 Å². The molecule has 35 heavy (non-hydrogen) atoms. The lowest BCUT2D eigenvalue weighted by Crippen LogP contribution is -2.52. The van der Waals surface area contributed by atoms with Gasteiger partial charge >= 0.3 is 0 Å². The Hall–Kier alpha value is -4.73. The number of hydrogen-bond donors (Lipinski definition) is 2. The molecule has 6 rings (SSSR count). The van der Waals surface area contributed by atoms with Gasteiger partial charge in [-0.1, -0.05) is 47.3 Å². The van der Waals surface area contributed by atoms with Crippen LogP contribution in [0.3, 0.4) is 0 Å². The first-order chi connectivity index (χ1) is 17.1. The molecule has 0 fully saturated rings. The first-order valence-electron chi connectivity index (χ1n) is 11.0. The molecular formula is C25H19FN6O3. The van der Waals surface area contributed by atoms with Gasteiger partial charge in [0.2, 0.25) is 12.1 Å².